The fourth-order valence-electron chi connectivity index (χ4n) is 6.25. The van der Waals surface area contributed by atoms with E-state index in [0.29, 0.717) is 6.54 Å². The monoisotopic (exact) mass is 394 g/mol. The molecule has 4 aliphatic rings. The molecule has 4 saturated carbocycles. The standard InChI is InChI=1S/C24H30N2O3/c1-16(29-24-12-17-8-18(13-24)10-19(9-17)14-24)15-25-23(27)26-21-5-2-4-20(11-21)22-6-3-7-28-22/h2-7,11,16-19H,8-10,12-15H2,1H3,(H2,25,26,27). The number of furan rings is 1. The third kappa shape index (κ3) is 4.06. The highest BCUT2D eigenvalue weighted by Crippen LogP contribution is 2.57. The first-order valence-electron chi connectivity index (χ1n) is 10.9. The van der Waals surface area contributed by atoms with Gasteiger partial charge in [0.2, 0.25) is 0 Å². The van der Waals surface area contributed by atoms with Crippen LogP contribution in [0.5, 0.6) is 0 Å². The lowest BCUT2D eigenvalue weighted by Gasteiger charge is -2.57. The van der Waals surface area contributed by atoms with Crippen molar-refractivity contribution in [2.45, 2.75) is 57.2 Å². The molecule has 5 nitrogen and oxygen atoms in total. The van der Waals surface area contributed by atoms with Crippen LogP contribution >= 0.6 is 0 Å². The third-order valence-electron chi connectivity index (χ3n) is 6.91. The summed E-state index contributed by atoms with van der Waals surface area (Å²) in [4.78, 5) is 12.4. The second-order valence-electron chi connectivity index (χ2n) is 9.42. The number of amides is 2. The summed E-state index contributed by atoms with van der Waals surface area (Å²) in [6, 6.07) is 11.2. The predicted octanol–water partition coefficient (Wildman–Crippen LogP) is 5.44. The molecule has 0 saturated heterocycles. The van der Waals surface area contributed by atoms with Gasteiger partial charge in [-0.05, 0) is 87.5 Å². The Labute approximate surface area is 172 Å². The molecule has 154 valence electrons. The number of benzene rings is 1. The number of nitrogens with one attached hydrogen (secondary N) is 2. The fraction of sp³-hybridized carbons (Fsp3) is 0.542. The van der Waals surface area contributed by atoms with Crippen LogP contribution in [0, 0.1) is 17.8 Å². The fourth-order valence-corrected chi connectivity index (χ4v) is 6.25. The van der Waals surface area contributed by atoms with Crippen molar-refractivity contribution >= 4 is 11.7 Å². The van der Waals surface area contributed by atoms with Gasteiger partial charge in [-0.3, -0.25) is 0 Å². The zero-order valence-corrected chi connectivity index (χ0v) is 17.0. The summed E-state index contributed by atoms with van der Waals surface area (Å²) in [5.74, 6) is 3.38. The number of hydrogen-bond acceptors (Lipinski definition) is 3. The largest absolute Gasteiger partial charge is 0.464 e. The Morgan fingerprint density at radius 1 is 1.14 bits per heavy atom. The Morgan fingerprint density at radius 2 is 1.86 bits per heavy atom. The van der Waals surface area contributed by atoms with Crippen molar-refractivity contribution < 1.29 is 13.9 Å². The minimum atomic E-state index is -0.206. The molecule has 6 rings (SSSR count). The molecule has 0 aliphatic heterocycles. The van der Waals surface area contributed by atoms with Crippen molar-refractivity contribution in [2.75, 3.05) is 11.9 Å². The Balaban J connectivity index is 1.13. The first-order chi connectivity index (χ1) is 14.1. The molecule has 0 radical (unpaired) electrons. The summed E-state index contributed by atoms with van der Waals surface area (Å²) in [5.41, 5.74) is 1.75. The van der Waals surface area contributed by atoms with Gasteiger partial charge < -0.3 is 19.8 Å². The molecule has 1 heterocycles. The van der Waals surface area contributed by atoms with Crippen LogP contribution in [0.2, 0.25) is 0 Å². The number of anilines is 1. The van der Waals surface area contributed by atoms with Gasteiger partial charge in [-0.1, -0.05) is 12.1 Å². The lowest BCUT2D eigenvalue weighted by Crippen LogP contribution is -2.54. The van der Waals surface area contributed by atoms with Gasteiger partial charge in [-0.15, -0.1) is 0 Å². The van der Waals surface area contributed by atoms with Gasteiger partial charge >= 0.3 is 6.03 Å². The van der Waals surface area contributed by atoms with Crippen molar-refractivity contribution in [3.05, 3.63) is 42.7 Å². The van der Waals surface area contributed by atoms with Crippen LogP contribution in [0.3, 0.4) is 0 Å². The topological polar surface area (TPSA) is 63.5 Å². The molecular weight excluding hydrogens is 364 g/mol. The van der Waals surface area contributed by atoms with Gasteiger partial charge in [0.15, 0.2) is 0 Å². The predicted molar refractivity (Wildman–Crippen MR) is 113 cm³/mol. The number of hydrogen-bond donors (Lipinski definition) is 2. The molecular formula is C24H30N2O3. The van der Waals surface area contributed by atoms with E-state index in [1.165, 1.54) is 38.5 Å². The van der Waals surface area contributed by atoms with Gasteiger partial charge in [-0.2, -0.15) is 0 Å². The maximum Gasteiger partial charge on any atom is 0.319 e. The number of carbonyl (C=O) groups is 1. The van der Waals surface area contributed by atoms with Crippen LogP contribution in [-0.4, -0.2) is 24.3 Å². The van der Waals surface area contributed by atoms with Gasteiger partial charge in [0.1, 0.15) is 5.76 Å². The lowest BCUT2D eigenvalue weighted by molar-refractivity contribution is -0.182. The van der Waals surface area contributed by atoms with Crippen molar-refractivity contribution in [1.82, 2.24) is 5.32 Å². The van der Waals surface area contributed by atoms with Crippen LogP contribution in [0.15, 0.2) is 47.1 Å². The van der Waals surface area contributed by atoms with E-state index < -0.39 is 0 Å². The van der Waals surface area contributed by atoms with Crippen LogP contribution in [0.25, 0.3) is 11.3 Å². The lowest BCUT2D eigenvalue weighted by atomic mass is 9.54. The zero-order valence-electron chi connectivity index (χ0n) is 17.0. The van der Waals surface area contributed by atoms with E-state index in [-0.39, 0.29) is 17.7 Å². The van der Waals surface area contributed by atoms with Crippen LogP contribution < -0.4 is 10.6 Å². The number of rotatable bonds is 6. The minimum Gasteiger partial charge on any atom is -0.464 e. The number of carbonyl (C=O) groups excluding carboxylic acids is 1. The van der Waals surface area contributed by atoms with E-state index in [9.17, 15) is 4.79 Å². The second-order valence-corrected chi connectivity index (χ2v) is 9.42. The molecule has 5 heteroatoms. The maximum absolute atomic E-state index is 12.4. The van der Waals surface area contributed by atoms with E-state index in [1.54, 1.807) is 6.26 Å². The van der Waals surface area contributed by atoms with E-state index in [1.807, 2.05) is 36.4 Å². The summed E-state index contributed by atoms with van der Waals surface area (Å²) < 4.78 is 12.0. The molecule has 1 unspecified atom stereocenters. The molecule has 1 aromatic heterocycles. The highest BCUT2D eigenvalue weighted by Gasteiger charge is 2.52. The van der Waals surface area contributed by atoms with E-state index >= 15 is 0 Å². The Bertz CT molecular complexity index is 825. The van der Waals surface area contributed by atoms with Crippen molar-refractivity contribution in [3.63, 3.8) is 0 Å². The maximum atomic E-state index is 12.4. The van der Waals surface area contributed by atoms with Gasteiger partial charge in [0.05, 0.1) is 18.0 Å². The molecule has 2 aromatic rings. The van der Waals surface area contributed by atoms with E-state index in [2.05, 4.69) is 17.6 Å². The Hall–Kier alpha value is -2.27. The highest BCUT2D eigenvalue weighted by atomic mass is 16.5. The molecule has 1 aromatic carbocycles. The Kier molecular flexibility index (Phi) is 4.86. The summed E-state index contributed by atoms with van der Waals surface area (Å²) >= 11 is 0. The molecule has 4 fully saturated rings. The van der Waals surface area contributed by atoms with Gasteiger partial charge in [0.25, 0.3) is 0 Å². The van der Waals surface area contributed by atoms with Gasteiger partial charge in [0, 0.05) is 17.8 Å². The SMILES string of the molecule is CC(CNC(=O)Nc1cccc(-c2ccco2)c1)OC12CC3CC(CC(C3)C1)C2. The number of ether oxygens (including phenoxy) is 1. The molecule has 2 amide bonds. The number of urea groups is 1. The van der Waals surface area contributed by atoms with Crippen molar-refractivity contribution in [3.8, 4) is 11.3 Å². The van der Waals surface area contributed by atoms with E-state index in [0.717, 1.165) is 34.8 Å². The first-order valence-corrected chi connectivity index (χ1v) is 10.9. The second kappa shape index (κ2) is 7.52. The quantitative estimate of drug-likeness (QED) is 0.685. The summed E-state index contributed by atoms with van der Waals surface area (Å²) in [7, 11) is 0. The molecule has 0 spiro atoms. The molecule has 4 bridgehead atoms. The zero-order chi connectivity index (χ0) is 19.8. The van der Waals surface area contributed by atoms with Crippen LogP contribution in [-0.2, 0) is 4.74 Å². The third-order valence-corrected chi connectivity index (χ3v) is 6.91. The average Bonchev–Trinajstić information content (AvgIpc) is 3.20. The summed E-state index contributed by atoms with van der Waals surface area (Å²) in [5, 5.41) is 5.88. The normalized spacial score (nSPS) is 30.9. The molecule has 2 N–H and O–H groups in total. The average molecular weight is 395 g/mol. The first kappa shape index (κ1) is 18.7. The van der Waals surface area contributed by atoms with Crippen LogP contribution in [0.4, 0.5) is 10.5 Å². The summed E-state index contributed by atoms with van der Waals surface area (Å²) in [6.07, 6.45) is 9.55. The van der Waals surface area contributed by atoms with Crippen molar-refractivity contribution in [1.29, 1.82) is 0 Å². The highest BCUT2D eigenvalue weighted by molar-refractivity contribution is 5.90. The molecule has 29 heavy (non-hydrogen) atoms. The molecule has 1 atom stereocenters. The van der Waals surface area contributed by atoms with Crippen LogP contribution in [0.1, 0.15) is 45.4 Å². The van der Waals surface area contributed by atoms with E-state index in [4.69, 9.17) is 9.15 Å². The van der Waals surface area contributed by atoms with Crippen molar-refractivity contribution in [2.24, 2.45) is 17.8 Å². The minimum absolute atomic E-state index is 0.0199. The molecule has 4 aliphatic carbocycles. The Morgan fingerprint density at radius 3 is 2.52 bits per heavy atom. The van der Waals surface area contributed by atoms with Gasteiger partial charge in [-0.25, -0.2) is 4.79 Å². The summed E-state index contributed by atoms with van der Waals surface area (Å²) in [6.45, 7) is 2.60. The smallest absolute Gasteiger partial charge is 0.319 e.